The monoisotopic (exact) mass is 500 g/mol. The number of nitrogens with zero attached hydrogens (tertiary/aromatic N) is 2. The SMILES string of the molecule is CCc1ccc(-c2ccc(-c3cc(-c4ccccc4)c4ccccc4n3)cc2)cc1-c1ccc(C#N)cc1C. The molecule has 186 valence electrons. The summed E-state index contributed by atoms with van der Waals surface area (Å²) < 4.78 is 0. The van der Waals surface area contributed by atoms with E-state index in [1.807, 2.05) is 24.3 Å². The van der Waals surface area contributed by atoms with Crippen molar-refractivity contribution in [1.82, 2.24) is 4.98 Å². The normalized spacial score (nSPS) is 10.9. The number of para-hydroxylation sites is 1. The van der Waals surface area contributed by atoms with Crippen molar-refractivity contribution < 1.29 is 0 Å². The molecule has 0 radical (unpaired) electrons. The maximum Gasteiger partial charge on any atom is 0.0991 e. The predicted octanol–water partition coefficient (Wildman–Crippen LogP) is 9.65. The topological polar surface area (TPSA) is 36.7 Å². The third-order valence-corrected chi connectivity index (χ3v) is 7.45. The van der Waals surface area contributed by atoms with Crippen LogP contribution in [0.2, 0.25) is 0 Å². The van der Waals surface area contributed by atoms with Gasteiger partial charge in [0.2, 0.25) is 0 Å². The number of hydrogen-bond acceptors (Lipinski definition) is 2. The standard InChI is InChI=1S/C37H28N2/c1-3-27-14-19-31(22-34(27)32-20-13-26(24-38)21-25(32)2)28-15-17-30(18-16-28)37-23-35(29-9-5-4-6-10-29)33-11-7-8-12-36(33)39-37/h4-23H,3H2,1-2H3. The summed E-state index contributed by atoms with van der Waals surface area (Å²) in [7, 11) is 0. The molecule has 0 fully saturated rings. The van der Waals surface area contributed by atoms with E-state index in [-0.39, 0.29) is 0 Å². The summed E-state index contributed by atoms with van der Waals surface area (Å²) in [6.45, 7) is 4.27. The van der Waals surface area contributed by atoms with E-state index in [1.54, 1.807) is 0 Å². The van der Waals surface area contributed by atoms with Gasteiger partial charge in [0.1, 0.15) is 0 Å². The number of benzene rings is 5. The molecule has 6 aromatic rings. The van der Waals surface area contributed by atoms with Gasteiger partial charge in [-0.15, -0.1) is 0 Å². The molecule has 0 aliphatic rings. The van der Waals surface area contributed by atoms with E-state index in [0.717, 1.165) is 39.7 Å². The fourth-order valence-corrected chi connectivity index (χ4v) is 5.36. The predicted molar refractivity (Wildman–Crippen MR) is 162 cm³/mol. The van der Waals surface area contributed by atoms with Gasteiger partial charge in [0.25, 0.3) is 0 Å². The van der Waals surface area contributed by atoms with E-state index >= 15 is 0 Å². The van der Waals surface area contributed by atoms with Crippen molar-refractivity contribution in [3.63, 3.8) is 0 Å². The van der Waals surface area contributed by atoms with Crippen LogP contribution in [-0.4, -0.2) is 4.98 Å². The average molecular weight is 501 g/mol. The summed E-state index contributed by atoms with van der Waals surface area (Å²) in [6, 6.07) is 44.7. The van der Waals surface area contributed by atoms with Crippen LogP contribution in [0.1, 0.15) is 23.6 Å². The van der Waals surface area contributed by atoms with E-state index in [0.29, 0.717) is 5.56 Å². The fraction of sp³-hybridized carbons (Fsp3) is 0.0811. The van der Waals surface area contributed by atoms with Crippen molar-refractivity contribution in [1.29, 1.82) is 5.26 Å². The first-order valence-corrected chi connectivity index (χ1v) is 13.3. The molecule has 0 N–H and O–H groups in total. The van der Waals surface area contributed by atoms with Crippen LogP contribution in [0.3, 0.4) is 0 Å². The molecule has 0 bridgehead atoms. The zero-order chi connectivity index (χ0) is 26.8. The lowest BCUT2D eigenvalue weighted by Crippen LogP contribution is -1.93. The number of rotatable bonds is 5. The van der Waals surface area contributed by atoms with Gasteiger partial charge in [-0.25, -0.2) is 4.98 Å². The molecule has 1 heterocycles. The quantitative estimate of drug-likeness (QED) is 0.236. The molecule has 0 saturated carbocycles. The second-order valence-electron chi connectivity index (χ2n) is 9.88. The first-order chi connectivity index (χ1) is 19.1. The fourth-order valence-electron chi connectivity index (χ4n) is 5.36. The summed E-state index contributed by atoms with van der Waals surface area (Å²) in [4.78, 5) is 5.01. The summed E-state index contributed by atoms with van der Waals surface area (Å²) >= 11 is 0. The molecule has 0 amide bonds. The van der Waals surface area contributed by atoms with Gasteiger partial charge in [0.05, 0.1) is 22.8 Å². The van der Waals surface area contributed by atoms with E-state index in [1.165, 1.54) is 33.4 Å². The summed E-state index contributed by atoms with van der Waals surface area (Å²) in [6.07, 6.45) is 0.950. The number of nitriles is 1. The number of aromatic nitrogens is 1. The van der Waals surface area contributed by atoms with Crippen LogP contribution in [0, 0.1) is 18.3 Å². The van der Waals surface area contributed by atoms with Gasteiger partial charge in [0, 0.05) is 10.9 Å². The molecule has 0 spiro atoms. The van der Waals surface area contributed by atoms with Crippen LogP contribution in [0.15, 0.2) is 121 Å². The smallest absolute Gasteiger partial charge is 0.0991 e. The van der Waals surface area contributed by atoms with Gasteiger partial charge in [-0.3, -0.25) is 0 Å². The Kier molecular flexibility index (Phi) is 6.49. The lowest BCUT2D eigenvalue weighted by atomic mass is 9.90. The van der Waals surface area contributed by atoms with Crippen molar-refractivity contribution >= 4 is 10.9 Å². The third-order valence-electron chi connectivity index (χ3n) is 7.45. The van der Waals surface area contributed by atoms with Gasteiger partial charge in [-0.05, 0) is 88.2 Å². The summed E-state index contributed by atoms with van der Waals surface area (Å²) in [5, 5.41) is 10.5. The zero-order valence-corrected chi connectivity index (χ0v) is 22.1. The van der Waals surface area contributed by atoms with E-state index in [2.05, 4.69) is 117 Å². The molecule has 1 aromatic heterocycles. The van der Waals surface area contributed by atoms with E-state index < -0.39 is 0 Å². The molecule has 0 aliphatic carbocycles. The Balaban J connectivity index is 1.40. The Morgan fingerprint density at radius 1 is 0.615 bits per heavy atom. The van der Waals surface area contributed by atoms with Crippen molar-refractivity contribution in [2.75, 3.05) is 0 Å². The van der Waals surface area contributed by atoms with Crippen LogP contribution >= 0.6 is 0 Å². The Morgan fingerprint density at radius 3 is 2.08 bits per heavy atom. The molecule has 5 aromatic carbocycles. The van der Waals surface area contributed by atoms with Gasteiger partial charge >= 0.3 is 0 Å². The minimum atomic E-state index is 0.693. The minimum Gasteiger partial charge on any atom is -0.248 e. The number of aryl methyl sites for hydroxylation is 2. The molecule has 0 atom stereocenters. The first kappa shape index (κ1) is 24.3. The highest BCUT2D eigenvalue weighted by atomic mass is 14.7. The Hall–Kier alpha value is -5.00. The first-order valence-electron chi connectivity index (χ1n) is 13.3. The lowest BCUT2D eigenvalue weighted by Gasteiger charge is -2.14. The lowest BCUT2D eigenvalue weighted by molar-refractivity contribution is 1.14. The third kappa shape index (κ3) is 4.72. The highest BCUT2D eigenvalue weighted by Gasteiger charge is 2.12. The second kappa shape index (κ2) is 10.4. The number of pyridine rings is 1. The van der Waals surface area contributed by atoms with Crippen LogP contribution < -0.4 is 0 Å². The van der Waals surface area contributed by atoms with Crippen LogP contribution in [0.4, 0.5) is 0 Å². The Morgan fingerprint density at radius 2 is 1.33 bits per heavy atom. The van der Waals surface area contributed by atoms with Crippen LogP contribution in [0.5, 0.6) is 0 Å². The minimum absolute atomic E-state index is 0.693. The van der Waals surface area contributed by atoms with Crippen molar-refractivity contribution in [2.24, 2.45) is 0 Å². The average Bonchev–Trinajstić information content (AvgIpc) is 3.00. The molecule has 0 unspecified atom stereocenters. The molecule has 0 aliphatic heterocycles. The summed E-state index contributed by atoms with van der Waals surface area (Å²) in [5.74, 6) is 0. The molecule has 39 heavy (non-hydrogen) atoms. The van der Waals surface area contributed by atoms with Gasteiger partial charge in [-0.2, -0.15) is 5.26 Å². The second-order valence-corrected chi connectivity index (χ2v) is 9.88. The van der Waals surface area contributed by atoms with Gasteiger partial charge in [-0.1, -0.05) is 97.9 Å². The summed E-state index contributed by atoms with van der Waals surface area (Å²) in [5.41, 5.74) is 13.3. The van der Waals surface area contributed by atoms with Crippen molar-refractivity contribution in [3.8, 4) is 50.7 Å². The molecule has 2 nitrogen and oxygen atoms in total. The molecular formula is C37H28N2. The maximum atomic E-state index is 9.29. The van der Waals surface area contributed by atoms with Crippen molar-refractivity contribution in [2.45, 2.75) is 20.3 Å². The van der Waals surface area contributed by atoms with Crippen LogP contribution in [-0.2, 0) is 6.42 Å². The highest BCUT2D eigenvalue weighted by Crippen LogP contribution is 2.35. The zero-order valence-electron chi connectivity index (χ0n) is 22.1. The molecule has 0 saturated heterocycles. The molecular weight excluding hydrogens is 472 g/mol. The molecule has 6 rings (SSSR count). The number of fused-ring (bicyclic) bond motifs is 1. The van der Waals surface area contributed by atoms with Gasteiger partial charge in [0.15, 0.2) is 0 Å². The Bertz CT molecular complexity index is 1840. The number of hydrogen-bond donors (Lipinski definition) is 0. The van der Waals surface area contributed by atoms with Crippen molar-refractivity contribution in [3.05, 3.63) is 138 Å². The maximum absolute atomic E-state index is 9.29. The van der Waals surface area contributed by atoms with Crippen LogP contribution in [0.25, 0.3) is 55.5 Å². The molecule has 2 heteroatoms. The highest BCUT2D eigenvalue weighted by molar-refractivity contribution is 5.96. The largest absolute Gasteiger partial charge is 0.248 e. The van der Waals surface area contributed by atoms with Gasteiger partial charge < -0.3 is 0 Å². The van der Waals surface area contributed by atoms with E-state index in [4.69, 9.17) is 4.98 Å². The van der Waals surface area contributed by atoms with E-state index in [9.17, 15) is 5.26 Å². The Labute approximate surface area is 229 Å².